The molecule has 0 radical (unpaired) electrons. The van der Waals surface area contributed by atoms with Gasteiger partial charge in [-0.15, -0.1) is 10.2 Å². The molecule has 2 rings (SSSR count). The molecule has 0 saturated carbocycles. The highest BCUT2D eigenvalue weighted by Crippen LogP contribution is 2.21. The van der Waals surface area contributed by atoms with Gasteiger partial charge in [0.25, 0.3) is 0 Å². The fourth-order valence-electron chi connectivity index (χ4n) is 2.04. The first kappa shape index (κ1) is 15.9. The minimum absolute atomic E-state index is 0.498. The lowest BCUT2D eigenvalue weighted by Gasteiger charge is -2.17. The molecule has 21 heavy (non-hydrogen) atoms. The highest BCUT2D eigenvalue weighted by molar-refractivity contribution is 6.30. The van der Waals surface area contributed by atoms with Crippen LogP contribution in [0.2, 0.25) is 5.02 Å². The molecule has 114 valence electrons. The maximum Gasteiger partial charge on any atom is 0.247 e. The summed E-state index contributed by atoms with van der Waals surface area (Å²) >= 11 is 5.95. The van der Waals surface area contributed by atoms with Crippen LogP contribution in [0.15, 0.2) is 28.7 Å². The first-order valence-corrected chi connectivity index (χ1v) is 7.62. The molecular formula is C15H21ClN4O. The van der Waals surface area contributed by atoms with Gasteiger partial charge in [-0.2, -0.15) is 0 Å². The number of nitrogens with zero attached hydrogens (tertiary/aromatic N) is 3. The van der Waals surface area contributed by atoms with Gasteiger partial charge in [0.15, 0.2) is 0 Å². The van der Waals surface area contributed by atoms with Crippen molar-refractivity contribution in [2.24, 2.45) is 0 Å². The van der Waals surface area contributed by atoms with Crippen molar-refractivity contribution in [2.45, 2.75) is 20.4 Å². The average molecular weight is 309 g/mol. The molecule has 6 heteroatoms. The zero-order chi connectivity index (χ0) is 15.1. The fraction of sp³-hybridized carbons (Fsp3) is 0.467. The van der Waals surface area contributed by atoms with Crippen LogP contribution in [-0.2, 0) is 6.54 Å². The second-order valence-electron chi connectivity index (χ2n) is 4.71. The van der Waals surface area contributed by atoms with Crippen LogP contribution in [0.1, 0.15) is 19.7 Å². The maximum atomic E-state index is 5.95. The van der Waals surface area contributed by atoms with E-state index in [2.05, 4.69) is 34.3 Å². The lowest BCUT2D eigenvalue weighted by Crippen LogP contribution is -2.31. The van der Waals surface area contributed by atoms with Crippen molar-refractivity contribution >= 4 is 11.6 Å². The molecular weight excluding hydrogens is 288 g/mol. The Morgan fingerprint density at radius 3 is 2.76 bits per heavy atom. The van der Waals surface area contributed by atoms with E-state index in [0.29, 0.717) is 23.3 Å². The van der Waals surface area contributed by atoms with Crippen LogP contribution in [-0.4, -0.2) is 41.3 Å². The van der Waals surface area contributed by atoms with E-state index in [9.17, 15) is 0 Å². The highest BCUT2D eigenvalue weighted by Gasteiger charge is 2.08. The second kappa shape index (κ2) is 8.12. The van der Waals surface area contributed by atoms with E-state index in [1.807, 2.05) is 24.3 Å². The Kier molecular flexibility index (Phi) is 6.17. The van der Waals surface area contributed by atoms with Gasteiger partial charge in [0, 0.05) is 23.7 Å². The molecule has 1 heterocycles. The van der Waals surface area contributed by atoms with Gasteiger partial charge in [0.1, 0.15) is 0 Å². The van der Waals surface area contributed by atoms with E-state index in [-0.39, 0.29) is 0 Å². The van der Waals surface area contributed by atoms with E-state index in [1.165, 1.54) is 0 Å². The number of halogens is 1. The third-order valence-electron chi connectivity index (χ3n) is 3.31. The van der Waals surface area contributed by atoms with Gasteiger partial charge in [-0.25, -0.2) is 0 Å². The van der Waals surface area contributed by atoms with Crippen LogP contribution in [0.5, 0.6) is 0 Å². The van der Waals surface area contributed by atoms with Crippen molar-refractivity contribution in [1.29, 1.82) is 0 Å². The predicted molar refractivity (Wildman–Crippen MR) is 84.2 cm³/mol. The Labute approximate surface area is 130 Å². The molecule has 0 unspecified atom stereocenters. The number of hydrogen-bond acceptors (Lipinski definition) is 5. The minimum Gasteiger partial charge on any atom is -0.419 e. The Bertz CT molecular complexity index is 554. The summed E-state index contributed by atoms with van der Waals surface area (Å²) in [7, 11) is 0. The molecule has 0 bridgehead atoms. The third kappa shape index (κ3) is 4.81. The van der Waals surface area contributed by atoms with Gasteiger partial charge >= 0.3 is 0 Å². The van der Waals surface area contributed by atoms with E-state index in [0.717, 1.165) is 31.7 Å². The van der Waals surface area contributed by atoms with Crippen molar-refractivity contribution < 1.29 is 4.42 Å². The van der Waals surface area contributed by atoms with Crippen molar-refractivity contribution in [3.8, 4) is 11.5 Å². The summed E-state index contributed by atoms with van der Waals surface area (Å²) < 4.78 is 5.63. The van der Waals surface area contributed by atoms with Gasteiger partial charge in [0.05, 0.1) is 6.54 Å². The maximum absolute atomic E-state index is 5.95. The molecule has 0 aliphatic heterocycles. The molecule has 0 spiro atoms. The Morgan fingerprint density at radius 1 is 1.24 bits per heavy atom. The molecule has 1 aromatic heterocycles. The summed E-state index contributed by atoms with van der Waals surface area (Å²) in [4.78, 5) is 2.36. The zero-order valence-electron chi connectivity index (χ0n) is 12.5. The number of nitrogens with one attached hydrogen (secondary N) is 1. The molecule has 0 saturated heterocycles. The van der Waals surface area contributed by atoms with Crippen molar-refractivity contribution in [2.75, 3.05) is 26.2 Å². The number of aromatic nitrogens is 2. The smallest absolute Gasteiger partial charge is 0.247 e. The molecule has 2 aromatic rings. The summed E-state index contributed by atoms with van der Waals surface area (Å²) in [5.74, 6) is 1.09. The number of rotatable bonds is 8. The van der Waals surface area contributed by atoms with Crippen LogP contribution >= 0.6 is 11.6 Å². The second-order valence-corrected chi connectivity index (χ2v) is 5.15. The summed E-state index contributed by atoms with van der Waals surface area (Å²) in [6.45, 7) is 8.96. The lowest BCUT2D eigenvalue weighted by molar-refractivity contribution is 0.300. The lowest BCUT2D eigenvalue weighted by atomic mass is 10.2. The molecule has 5 nitrogen and oxygen atoms in total. The predicted octanol–water partition coefficient (Wildman–Crippen LogP) is 2.82. The quantitative estimate of drug-likeness (QED) is 0.760. The van der Waals surface area contributed by atoms with Crippen molar-refractivity contribution in [1.82, 2.24) is 20.4 Å². The van der Waals surface area contributed by atoms with Gasteiger partial charge in [-0.05, 0) is 31.3 Å². The molecule has 0 atom stereocenters. The average Bonchev–Trinajstić information content (AvgIpc) is 2.96. The molecule has 0 aliphatic rings. The summed E-state index contributed by atoms with van der Waals surface area (Å²) in [6, 6.07) is 7.39. The highest BCUT2D eigenvalue weighted by atomic mass is 35.5. The van der Waals surface area contributed by atoms with E-state index < -0.39 is 0 Å². The molecule has 0 amide bonds. The monoisotopic (exact) mass is 308 g/mol. The van der Waals surface area contributed by atoms with E-state index in [4.69, 9.17) is 16.0 Å². The SMILES string of the molecule is CCN(CC)CCNCc1nnc(-c2cccc(Cl)c2)o1. The topological polar surface area (TPSA) is 54.2 Å². The van der Waals surface area contributed by atoms with Crippen LogP contribution in [0.4, 0.5) is 0 Å². The number of hydrogen-bond donors (Lipinski definition) is 1. The summed E-state index contributed by atoms with van der Waals surface area (Å²) in [5.41, 5.74) is 0.837. The van der Waals surface area contributed by atoms with Crippen molar-refractivity contribution in [3.63, 3.8) is 0 Å². The van der Waals surface area contributed by atoms with Crippen LogP contribution in [0.3, 0.4) is 0 Å². The van der Waals surface area contributed by atoms with Crippen LogP contribution in [0.25, 0.3) is 11.5 Å². The number of likely N-dealkylation sites (N-methyl/N-ethyl adjacent to an activating group) is 1. The van der Waals surface area contributed by atoms with Gasteiger partial charge in [-0.3, -0.25) is 0 Å². The van der Waals surface area contributed by atoms with E-state index in [1.54, 1.807) is 0 Å². The molecule has 0 fully saturated rings. The normalized spacial score (nSPS) is 11.2. The molecule has 1 N–H and O–H groups in total. The standard InChI is InChI=1S/C15H21ClN4O/c1-3-20(4-2)9-8-17-11-14-18-19-15(21-14)12-6-5-7-13(16)10-12/h5-7,10,17H,3-4,8-9,11H2,1-2H3. The number of benzene rings is 1. The minimum atomic E-state index is 0.498. The first-order valence-electron chi connectivity index (χ1n) is 7.24. The fourth-order valence-corrected chi connectivity index (χ4v) is 2.23. The van der Waals surface area contributed by atoms with Gasteiger partial charge < -0.3 is 14.6 Å². The third-order valence-corrected chi connectivity index (χ3v) is 3.55. The Morgan fingerprint density at radius 2 is 2.05 bits per heavy atom. The van der Waals surface area contributed by atoms with Gasteiger partial charge in [-0.1, -0.05) is 31.5 Å². The van der Waals surface area contributed by atoms with Crippen LogP contribution in [0, 0.1) is 0 Å². The van der Waals surface area contributed by atoms with Crippen LogP contribution < -0.4 is 5.32 Å². The first-order chi connectivity index (χ1) is 10.2. The molecule has 0 aliphatic carbocycles. The van der Waals surface area contributed by atoms with Crippen molar-refractivity contribution in [3.05, 3.63) is 35.2 Å². The Balaban J connectivity index is 1.83. The van der Waals surface area contributed by atoms with Gasteiger partial charge in [0.2, 0.25) is 11.8 Å². The Hall–Kier alpha value is -1.43. The largest absolute Gasteiger partial charge is 0.419 e. The summed E-state index contributed by atoms with van der Waals surface area (Å²) in [5, 5.41) is 12.1. The summed E-state index contributed by atoms with van der Waals surface area (Å²) in [6.07, 6.45) is 0. The molecule has 1 aromatic carbocycles. The zero-order valence-corrected chi connectivity index (χ0v) is 13.2. The van der Waals surface area contributed by atoms with E-state index >= 15 is 0 Å².